The predicted octanol–water partition coefficient (Wildman–Crippen LogP) is 1.28. The zero-order valence-corrected chi connectivity index (χ0v) is 12.2. The van der Waals surface area contributed by atoms with E-state index in [-0.39, 0.29) is 0 Å². The number of anilines is 1. The summed E-state index contributed by atoms with van der Waals surface area (Å²) < 4.78 is 5.42. The molecule has 0 saturated carbocycles. The zero-order chi connectivity index (χ0) is 13.9. The highest BCUT2D eigenvalue weighted by Gasteiger charge is 2.25. The van der Waals surface area contributed by atoms with E-state index in [1.54, 1.807) is 6.26 Å². The third-order valence-corrected chi connectivity index (χ3v) is 3.80. The molecular weight excluding hydrogens is 270 g/mol. The molecule has 0 spiro atoms. The summed E-state index contributed by atoms with van der Waals surface area (Å²) in [6, 6.07) is 12.3. The van der Waals surface area contributed by atoms with Gasteiger partial charge in [0.25, 0.3) is 0 Å². The molecule has 2 heterocycles. The summed E-state index contributed by atoms with van der Waals surface area (Å²) in [6.45, 7) is 4.61. The van der Waals surface area contributed by atoms with Gasteiger partial charge in [-0.25, -0.2) is 0 Å². The fourth-order valence-electron chi connectivity index (χ4n) is 2.43. The lowest BCUT2D eigenvalue weighted by Gasteiger charge is -2.35. The van der Waals surface area contributed by atoms with Crippen LogP contribution in [-0.4, -0.2) is 18.4 Å². The molecule has 0 amide bonds. The van der Waals surface area contributed by atoms with Gasteiger partial charge in [0.05, 0.1) is 6.26 Å². The Labute approximate surface area is 124 Å². The van der Waals surface area contributed by atoms with Gasteiger partial charge in [-0.15, -0.1) is 0 Å². The number of thiocarbonyl (C=S) groups is 1. The number of benzene rings is 1. The predicted molar refractivity (Wildman–Crippen MR) is 82.5 cm³/mol. The fourth-order valence-corrected chi connectivity index (χ4v) is 2.67. The maximum Gasteiger partial charge on any atom is 0.182 e. The van der Waals surface area contributed by atoms with Crippen LogP contribution in [0.25, 0.3) is 0 Å². The highest BCUT2D eigenvalue weighted by atomic mass is 32.1. The number of nitrogens with one attached hydrogen (secondary N) is 2. The Hall–Kier alpha value is -1.85. The molecule has 0 radical (unpaired) electrons. The Bertz CT molecular complexity index is 597. The summed E-state index contributed by atoms with van der Waals surface area (Å²) in [5.74, 6) is 0.999. The quantitative estimate of drug-likeness (QED) is 0.834. The Kier molecular flexibility index (Phi) is 3.71. The molecular formula is C15H18N3OS+. The average Bonchev–Trinajstić information content (AvgIpc) is 2.94. The zero-order valence-electron chi connectivity index (χ0n) is 11.4. The fraction of sp³-hybridized carbons (Fsp3) is 0.267. The number of quaternary nitrogens is 1. The number of furan rings is 1. The van der Waals surface area contributed by atoms with Crippen LogP contribution in [0.1, 0.15) is 11.3 Å². The maximum atomic E-state index is 5.43. The van der Waals surface area contributed by atoms with Crippen molar-refractivity contribution in [1.82, 2.24) is 5.32 Å². The molecule has 0 bridgehead atoms. The second kappa shape index (κ2) is 5.64. The van der Waals surface area contributed by atoms with E-state index in [2.05, 4.69) is 41.4 Å². The average molecular weight is 288 g/mol. The summed E-state index contributed by atoms with van der Waals surface area (Å²) >= 11 is 5.43. The van der Waals surface area contributed by atoms with Crippen molar-refractivity contribution in [3.63, 3.8) is 0 Å². The Morgan fingerprint density at radius 3 is 3.00 bits per heavy atom. The van der Waals surface area contributed by atoms with Crippen LogP contribution < -0.4 is 15.1 Å². The topological polar surface area (TPSA) is 32.9 Å². The minimum Gasteiger partial charge on any atom is -0.463 e. The van der Waals surface area contributed by atoms with Crippen molar-refractivity contribution < 1.29 is 9.32 Å². The van der Waals surface area contributed by atoms with Crippen LogP contribution in [0, 0.1) is 6.92 Å². The molecule has 1 atom stereocenters. The van der Waals surface area contributed by atoms with Crippen LogP contribution in [0.3, 0.4) is 0 Å². The lowest BCUT2D eigenvalue weighted by atomic mass is 10.2. The first-order valence-electron chi connectivity index (χ1n) is 6.70. The van der Waals surface area contributed by atoms with Gasteiger partial charge < -0.3 is 9.73 Å². The van der Waals surface area contributed by atoms with E-state index in [0.29, 0.717) is 0 Å². The number of hydrogen-bond acceptors (Lipinski definition) is 2. The Morgan fingerprint density at radius 1 is 1.35 bits per heavy atom. The summed E-state index contributed by atoms with van der Waals surface area (Å²) in [7, 11) is 0. The maximum absolute atomic E-state index is 5.43. The molecule has 1 unspecified atom stereocenters. The molecule has 20 heavy (non-hydrogen) atoms. The molecule has 1 aliphatic heterocycles. The molecule has 1 saturated heterocycles. The van der Waals surface area contributed by atoms with E-state index in [9.17, 15) is 0 Å². The van der Waals surface area contributed by atoms with Crippen molar-refractivity contribution in [2.24, 2.45) is 0 Å². The van der Waals surface area contributed by atoms with Gasteiger partial charge in [-0.2, -0.15) is 0 Å². The molecule has 4 nitrogen and oxygen atoms in total. The summed E-state index contributed by atoms with van der Waals surface area (Å²) in [6.07, 6.45) is 1.72. The molecule has 2 N–H and O–H groups in total. The van der Waals surface area contributed by atoms with Gasteiger partial charge in [-0.3, -0.25) is 9.80 Å². The van der Waals surface area contributed by atoms with Crippen molar-refractivity contribution in [1.29, 1.82) is 0 Å². The standard InChI is InChI=1S/C15H17N3OS/c1-12-4-2-5-13(8-12)18-11-17(10-16-15(18)20)9-14-6-3-7-19-14/h2-8H,9-11H2,1H3,(H,16,20)/p+1. The van der Waals surface area contributed by atoms with Crippen molar-refractivity contribution in [2.45, 2.75) is 13.5 Å². The van der Waals surface area contributed by atoms with Gasteiger partial charge in [0.2, 0.25) is 0 Å². The van der Waals surface area contributed by atoms with Crippen LogP contribution in [0.5, 0.6) is 0 Å². The molecule has 3 rings (SSSR count). The van der Waals surface area contributed by atoms with E-state index < -0.39 is 0 Å². The third-order valence-electron chi connectivity index (χ3n) is 3.43. The Balaban J connectivity index is 1.75. The van der Waals surface area contributed by atoms with Crippen LogP contribution >= 0.6 is 12.2 Å². The second-order valence-corrected chi connectivity index (χ2v) is 5.48. The van der Waals surface area contributed by atoms with Gasteiger partial charge in [0, 0.05) is 5.69 Å². The summed E-state index contributed by atoms with van der Waals surface area (Å²) in [5, 5.41) is 4.08. The minimum absolute atomic E-state index is 0.791. The smallest absolute Gasteiger partial charge is 0.182 e. The lowest BCUT2D eigenvalue weighted by Crippen LogP contribution is -3.16. The third kappa shape index (κ3) is 2.84. The van der Waals surface area contributed by atoms with Crippen LogP contribution in [0.15, 0.2) is 47.1 Å². The van der Waals surface area contributed by atoms with Crippen molar-refractivity contribution in [3.05, 3.63) is 54.0 Å². The van der Waals surface area contributed by atoms with Crippen LogP contribution in [0.4, 0.5) is 5.69 Å². The van der Waals surface area contributed by atoms with Crippen LogP contribution in [0.2, 0.25) is 0 Å². The van der Waals surface area contributed by atoms with Crippen molar-refractivity contribution in [3.8, 4) is 0 Å². The summed E-state index contributed by atoms with van der Waals surface area (Å²) in [4.78, 5) is 3.51. The first-order chi connectivity index (χ1) is 9.72. The van der Waals surface area contributed by atoms with E-state index in [0.717, 1.165) is 36.4 Å². The normalized spacial score (nSPS) is 18.9. The first-order valence-corrected chi connectivity index (χ1v) is 7.11. The highest BCUT2D eigenvalue weighted by molar-refractivity contribution is 7.80. The van der Waals surface area contributed by atoms with Gasteiger partial charge >= 0.3 is 0 Å². The second-order valence-electron chi connectivity index (χ2n) is 5.09. The SMILES string of the molecule is Cc1cccc(N2C[NH+](Cc3ccco3)CNC2=S)c1. The molecule has 5 heteroatoms. The number of hydrogen-bond donors (Lipinski definition) is 2. The van der Waals surface area contributed by atoms with Gasteiger partial charge in [0.1, 0.15) is 6.54 Å². The first kappa shape index (κ1) is 13.1. The van der Waals surface area contributed by atoms with Gasteiger partial charge in [-0.1, -0.05) is 12.1 Å². The molecule has 104 valence electrons. The molecule has 1 aromatic heterocycles. The van der Waals surface area contributed by atoms with E-state index in [1.807, 2.05) is 12.1 Å². The minimum atomic E-state index is 0.791. The number of nitrogens with zero attached hydrogens (tertiary/aromatic N) is 1. The molecule has 2 aromatic rings. The van der Waals surface area contributed by atoms with Crippen molar-refractivity contribution >= 4 is 23.0 Å². The molecule has 1 fully saturated rings. The van der Waals surface area contributed by atoms with Gasteiger partial charge in [0.15, 0.2) is 24.2 Å². The summed E-state index contributed by atoms with van der Waals surface area (Å²) in [5.41, 5.74) is 2.38. The van der Waals surface area contributed by atoms with Crippen molar-refractivity contribution in [2.75, 3.05) is 18.2 Å². The van der Waals surface area contributed by atoms with Gasteiger partial charge in [-0.05, 0) is 49.0 Å². The number of aryl methyl sites for hydroxylation is 1. The molecule has 0 aliphatic carbocycles. The highest BCUT2D eigenvalue weighted by Crippen LogP contribution is 2.15. The molecule has 1 aliphatic rings. The number of rotatable bonds is 3. The monoisotopic (exact) mass is 288 g/mol. The van der Waals surface area contributed by atoms with E-state index in [4.69, 9.17) is 16.6 Å². The largest absolute Gasteiger partial charge is 0.463 e. The van der Waals surface area contributed by atoms with E-state index >= 15 is 0 Å². The molecule has 1 aromatic carbocycles. The van der Waals surface area contributed by atoms with E-state index in [1.165, 1.54) is 10.5 Å². The lowest BCUT2D eigenvalue weighted by molar-refractivity contribution is -0.917. The van der Waals surface area contributed by atoms with Crippen LogP contribution in [-0.2, 0) is 6.54 Å². The Morgan fingerprint density at radius 2 is 2.25 bits per heavy atom.